The fraction of sp³-hybridized carbons (Fsp3) is 0.143. The van der Waals surface area contributed by atoms with Crippen LogP contribution in [0.15, 0.2) is 65.7 Å². The molecular weight excluding hydrogens is 358 g/mol. The summed E-state index contributed by atoms with van der Waals surface area (Å²) in [6, 6.07) is 21.5. The summed E-state index contributed by atoms with van der Waals surface area (Å²) < 4.78 is 4.77. The lowest BCUT2D eigenvalue weighted by atomic mass is 9.96. The number of esters is 1. The number of hydrogen-bond acceptors (Lipinski definition) is 6. The molecule has 0 saturated heterocycles. The van der Waals surface area contributed by atoms with Crippen LogP contribution in [0.25, 0.3) is 22.4 Å². The van der Waals surface area contributed by atoms with Crippen LogP contribution in [0.4, 0.5) is 0 Å². The molecule has 134 valence electrons. The molecular formula is C21H17N3O2S. The Morgan fingerprint density at radius 2 is 1.63 bits per heavy atom. The summed E-state index contributed by atoms with van der Waals surface area (Å²) in [6.07, 6.45) is 0. The Bertz CT molecular complexity index is 986. The van der Waals surface area contributed by atoms with Crippen LogP contribution in [0.3, 0.4) is 0 Å². The first-order chi connectivity index (χ1) is 13.2. The van der Waals surface area contributed by atoms with Gasteiger partial charge in [-0.15, -0.1) is 10.2 Å². The fourth-order valence-electron chi connectivity index (χ4n) is 2.67. The van der Waals surface area contributed by atoms with Crippen molar-refractivity contribution >= 4 is 17.7 Å². The number of nitriles is 1. The summed E-state index contributed by atoms with van der Waals surface area (Å²) in [4.78, 5) is 11.8. The molecule has 0 N–H and O–H groups in total. The number of ether oxygens (including phenoxy) is 1. The number of hydrogen-bond donors (Lipinski definition) is 0. The van der Waals surface area contributed by atoms with Gasteiger partial charge in [-0.1, -0.05) is 72.4 Å². The molecule has 0 aliphatic heterocycles. The molecule has 0 amide bonds. The average Bonchev–Trinajstić information content (AvgIpc) is 2.73. The first-order valence-corrected chi connectivity index (χ1v) is 9.19. The molecule has 3 aromatic rings. The number of carbonyl (C=O) groups is 1. The van der Waals surface area contributed by atoms with Crippen molar-refractivity contribution in [1.82, 2.24) is 10.2 Å². The van der Waals surface area contributed by atoms with Gasteiger partial charge in [0.05, 0.1) is 12.7 Å². The van der Waals surface area contributed by atoms with E-state index in [-0.39, 0.29) is 5.97 Å². The molecule has 1 atom stereocenters. The van der Waals surface area contributed by atoms with Crippen molar-refractivity contribution in [2.24, 2.45) is 0 Å². The second kappa shape index (κ2) is 8.47. The molecule has 3 rings (SSSR count). The van der Waals surface area contributed by atoms with Crippen molar-refractivity contribution in [2.75, 3.05) is 7.11 Å². The Balaban J connectivity index is 2.20. The minimum atomic E-state index is -0.498. The monoisotopic (exact) mass is 375 g/mol. The smallest absolute Gasteiger partial charge is 0.318 e. The molecule has 27 heavy (non-hydrogen) atoms. The van der Waals surface area contributed by atoms with E-state index in [1.807, 2.05) is 60.7 Å². The van der Waals surface area contributed by atoms with Crippen LogP contribution in [0.2, 0.25) is 0 Å². The topological polar surface area (TPSA) is 75.9 Å². The molecule has 0 fully saturated rings. The molecule has 0 spiro atoms. The van der Waals surface area contributed by atoms with E-state index in [2.05, 4.69) is 16.3 Å². The Labute approximate surface area is 162 Å². The van der Waals surface area contributed by atoms with Crippen LogP contribution in [0.1, 0.15) is 12.5 Å². The van der Waals surface area contributed by atoms with Crippen molar-refractivity contribution in [3.63, 3.8) is 0 Å². The van der Waals surface area contributed by atoms with E-state index in [0.29, 0.717) is 21.8 Å². The fourth-order valence-corrected chi connectivity index (χ4v) is 3.55. The molecule has 1 heterocycles. The highest BCUT2D eigenvalue weighted by molar-refractivity contribution is 8.00. The molecule has 1 aromatic heterocycles. The zero-order valence-corrected chi connectivity index (χ0v) is 15.7. The highest BCUT2D eigenvalue weighted by Crippen LogP contribution is 2.37. The molecule has 0 aliphatic rings. The predicted molar refractivity (Wildman–Crippen MR) is 105 cm³/mol. The minimum Gasteiger partial charge on any atom is -0.468 e. The van der Waals surface area contributed by atoms with Crippen LogP contribution < -0.4 is 0 Å². The van der Waals surface area contributed by atoms with E-state index in [4.69, 9.17) is 4.74 Å². The lowest BCUT2D eigenvalue weighted by Crippen LogP contribution is -2.15. The summed E-state index contributed by atoms with van der Waals surface area (Å²) in [5.41, 5.74) is 3.48. The SMILES string of the molecule is COC(=O)[C@@H](C)Sc1nnc(-c2ccccc2)c(-c2ccccc2)c1C#N. The first kappa shape index (κ1) is 18.6. The summed E-state index contributed by atoms with van der Waals surface area (Å²) in [5.74, 6) is -0.376. The van der Waals surface area contributed by atoms with Crippen LogP contribution in [-0.2, 0) is 9.53 Å². The van der Waals surface area contributed by atoms with Crippen LogP contribution in [0, 0.1) is 11.3 Å². The molecule has 2 aromatic carbocycles. The van der Waals surface area contributed by atoms with E-state index < -0.39 is 5.25 Å². The summed E-state index contributed by atoms with van der Waals surface area (Å²) >= 11 is 1.17. The summed E-state index contributed by atoms with van der Waals surface area (Å²) in [7, 11) is 1.34. The van der Waals surface area contributed by atoms with Crippen LogP contribution in [0.5, 0.6) is 0 Å². The number of aromatic nitrogens is 2. The number of carbonyl (C=O) groups excluding carboxylic acids is 1. The first-order valence-electron chi connectivity index (χ1n) is 8.31. The number of methoxy groups -OCH3 is 1. The van der Waals surface area contributed by atoms with Crippen LogP contribution in [-0.4, -0.2) is 28.5 Å². The van der Waals surface area contributed by atoms with Gasteiger partial charge in [-0.3, -0.25) is 4.79 Å². The Kier molecular flexibility index (Phi) is 5.84. The molecule has 5 nitrogen and oxygen atoms in total. The zero-order chi connectivity index (χ0) is 19.2. The van der Waals surface area contributed by atoms with Gasteiger partial charge in [0.25, 0.3) is 0 Å². The van der Waals surface area contributed by atoms with Gasteiger partial charge in [0.2, 0.25) is 0 Å². The van der Waals surface area contributed by atoms with Crippen molar-refractivity contribution in [1.29, 1.82) is 5.26 Å². The van der Waals surface area contributed by atoms with Gasteiger partial charge in [-0.05, 0) is 12.5 Å². The van der Waals surface area contributed by atoms with Gasteiger partial charge in [-0.25, -0.2) is 0 Å². The maximum Gasteiger partial charge on any atom is 0.318 e. The highest BCUT2D eigenvalue weighted by atomic mass is 32.2. The lowest BCUT2D eigenvalue weighted by molar-refractivity contribution is -0.139. The molecule has 0 unspecified atom stereocenters. The minimum absolute atomic E-state index is 0.376. The van der Waals surface area contributed by atoms with Crippen molar-refractivity contribution in [2.45, 2.75) is 17.2 Å². The van der Waals surface area contributed by atoms with Crippen LogP contribution >= 0.6 is 11.8 Å². The molecule has 0 aliphatic carbocycles. The van der Waals surface area contributed by atoms with Gasteiger partial charge >= 0.3 is 5.97 Å². The van der Waals surface area contributed by atoms with Gasteiger partial charge in [0.15, 0.2) is 0 Å². The van der Waals surface area contributed by atoms with Crippen molar-refractivity contribution in [3.05, 3.63) is 66.2 Å². The Morgan fingerprint density at radius 1 is 1.04 bits per heavy atom. The molecule has 6 heteroatoms. The number of rotatable bonds is 5. The maximum atomic E-state index is 11.8. The van der Waals surface area contributed by atoms with Crippen molar-refractivity contribution < 1.29 is 9.53 Å². The van der Waals surface area contributed by atoms with Gasteiger partial charge in [0.1, 0.15) is 22.0 Å². The van der Waals surface area contributed by atoms with E-state index in [1.54, 1.807) is 6.92 Å². The highest BCUT2D eigenvalue weighted by Gasteiger charge is 2.23. The Hall–Kier alpha value is -3.17. The van der Waals surface area contributed by atoms with Gasteiger partial charge in [-0.2, -0.15) is 5.26 Å². The third kappa shape index (κ3) is 3.99. The third-order valence-electron chi connectivity index (χ3n) is 3.98. The van der Waals surface area contributed by atoms with E-state index >= 15 is 0 Å². The summed E-state index contributed by atoms with van der Waals surface area (Å²) in [5, 5.41) is 18.5. The maximum absolute atomic E-state index is 11.8. The zero-order valence-electron chi connectivity index (χ0n) is 14.9. The average molecular weight is 375 g/mol. The quantitative estimate of drug-likeness (QED) is 0.488. The van der Waals surface area contributed by atoms with Crippen molar-refractivity contribution in [3.8, 4) is 28.5 Å². The standard InChI is InChI=1S/C21H17N3O2S/c1-14(21(25)26-2)27-20-17(13-22)18(15-9-5-3-6-10-15)19(23-24-20)16-11-7-4-8-12-16/h3-12,14H,1-2H3/t14-/m1/s1. The Morgan fingerprint density at radius 3 is 2.19 bits per heavy atom. The number of thioether (sulfide) groups is 1. The normalized spacial score (nSPS) is 11.4. The van der Waals surface area contributed by atoms with E-state index in [0.717, 1.165) is 11.1 Å². The third-order valence-corrected chi connectivity index (χ3v) is 5.04. The van der Waals surface area contributed by atoms with Gasteiger partial charge in [0, 0.05) is 11.1 Å². The predicted octanol–water partition coefficient (Wildman–Crippen LogP) is 4.34. The second-order valence-electron chi connectivity index (χ2n) is 5.73. The number of benzene rings is 2. The van der Waals surface area contributed by atoms with E-state index in [9.17, 15) is 10.1 Å². The molecule has 0 radical (unpaired) electrons. The number of nitrogens with zero attached hydrogens (tertiary/aromatic N) is 3. The molecule has 0 bridgehead atoms. The van der Waals surface area contributed by atoms with E-state index in [1.165, 1.54) is 18.9 Å². The summed E-state index contributed by atoms with van der Waals surface area (Å²) in [6.45, 7) is 1.71. The van der Waals surface area contributed by atoms with Gasteiger partial charge < -0.3 is 4.74 Å². The largest absolute Gasteiger partial charge is 0.468 e. The lowest BCUT2D eigenvalue weighted by Gasteiger charge is -2.14. The second-order valence-corrected chi connectivity index (χ2v) is 7.06. The molecule has 0 saturated carbocycles.